The second kappa shape index (κ2) is 3.88. The molecule has 1 aliphatic carbocycles. The fraction of sp³-hybridized carbons (Fsp3) is 0.778. The van der Waals surface area contributed by atoms with Crippen molar-refractivity contribution >= 4 is 0 Å². The van der Waals surface area contributed by atoms with Crippen LogP contribution in [-0.4, -0.2) is 18.1 Å². The summed E-state index contributed by atoms with van der Waals surface area (Å²) in [6, 6.07) is 1.22. The van der Waals surface area contributed by atoms with E-state index in [1.54, 1.807) is 0 Å². The van der Waals surface area contributed by atoms with E-state index in [-0.39, 0.29) is 6.04 Å². The fourth-order valence-corrected chi connectivity index (χ4v) is 1.26. The molecular weight excluding hydrogens is 136 g/mol. The standard InChI is InChI=1S/C9H18N2/c1-7(10)8(2)11-9-5-3-4-6-9/h3,5,7-9,11H,4,6,10H2,1-2H3. The Bertz CT molecular complexity index is 140. The predicted molar refractivity (Wildman–Crippen MR) is 48.4 cm³/mol. The van der Waals surface area contributed by atoms with Crippen molar-refractivity contribution in [3.8, 4) is 0 Å². The summed E-state index contributed by atoms with van der Waals surface area (Å²) in [6.07, 6.45) is 6.91. The van der Waals surface area contributed by atoms with Gasteiger partial charge in [-0.3, -0.25) is 0 Å². The second-order valence-corrected chi connectivity index (χ2v) is 3.43. The third-order valence-electron chi connectivity index (χ3n) is 2.28. The van der Waals surface area contributed by atoms with Gasteiger partial charge in [0.05, 0.1) is 0 Å². The third kappa shape index (κ3) is 2.64. The Morgan fingerprint density at radius 3 is 2.73 bits per heavy atom. The molecule has 3 atom stereocenters. The molecule has 64 valence electrons. The van der Waals surface area contributed by atoms with E-state index in [9.17, 15) is 0 Å². The first-order valence-electron chi connectivity index (χ1n) is 4.38. The Kier molecular flexibility index (Phi) is 3.09. The van der Waals surface area contributed by atoms with Crippen LogP contribution in [0.4, 0.5) is 0 Å². The summed E-state index contributed by atoms with van der Waals surface area (Å²) in [6.45, 7) is 4.17. The van der Waals surface area contributed by atoms with Crippen molar-refractivity contribution in [2.24, 2.45) is 5.73 Å². The van der Waals surface area contributed by atoms with E-state index in [4.69, 9.17) is 5.73 Å². The van der Waals surface area contributed by atoms with Gasteiger partial charge in [0.15, 0.2) is 0 Å². The Hall–Kier alpha value is -0.340. The monoisotopic (exact) mass is 154 g/mol. The lowest BCUT2D eigenvalue weighted by molar-refractivity contribution is 0.439. The highest BCUT2D eigenvalue weighted by molar-refractivity contribution is 5.01. The average molecular weight is 154 g/mol. The average Bonchev–Trinajstić information content (AvgIpc) is 2.39. The minimum atomic E-state index is 0.240. The highest BCUT2D eigenvalue weighted by Gasteiger charge is 2.13. The highest BCUT2D eigenvalue weighted by Crippen LogP contribution is 2.09. The molecule has 0 aromatic carbocycles. The minimum absolute atomic E-state index is 0.240. The summed E-state index contributed by atoms with van der Waals surface area (Å²) in [5.41, 5.74) is 5.73. The van der Waals surface area contributed by atoms with E-state index in [0.29, 0.717) is 12.1 Å². The highest BCUT2D eigenvalue weighted by atomic mass is 15.0. The Morgan fingerprint density at radius 1 is 1.55 bits per heavy atom. The zero-order valence-corrected chi connectivity index (χ0v) is 7.38. The van der Waals surface area contributed by atoms with Crippen molar-refractivity contribution in [1.82, 2.24) is 5.32 Å². The van der Waals surface area contributed by atoms with Gasteiger partial charge < -0.3 is 11.1 Å². The molecule has 2 nitrogen and oxygen atoms in total. The van der Waals surface area contributed by atoms with E-state index in [2.05, 4.69) is 24.4 Å². The van der Waals surface area contributed by atoms with Crippen molar-refractivity contribution in [3.05, 3.63) is 12.2 Å². The van der Waals surface area contributed by atoms with E-state index in [1.807, 2.05) is 6.92 Å². The first-order chi connectivity index (χ1) is 5.20. The van der Waals surface area contributed by atoms with Gasteiger partial charge in [-0.05, 0) is 26.7 Å². The minimum Gasteiger partial charge on any atom is -0.327 e. The largest absolute Gasteiger partial charge is 0.327 e. The molecule has 0 heterocycles. The molecular formula is C9H18N2. The van der Waals surface area contributed by atoms with Crippen LogP contribution in [0.5, 0.6) is 0 Å². The molecule has 0 saturated heterocycles. The van der Waals surface area contributed by atoms with Gasteiger partial charge >= 0.3 is 0 Å². The molecule has 1 aliphatic rings. The Labute approximate surface area is 68.9 Å². The van der Waals surface area contributed by atoms with Gasteiger partial charge in [0.25, 0.3) is 0 Å². The molecule has 3 N–H and O–H groups in total. The number of hydrogen-bond donors (Lipinski definition) is 2. The lowest BCUT2D eigenvalue weighted by atomic mass is 10.1. The maximum Gasteiger partial charge on any atom is 0.0256 e. The number of hydrogen-bond acceptors (Lipinski definition) is 2. The van der Waals surface area contributed by atoms with Crippen molar-refractivity contribution in [3.63, 3.8) is 0 Å². The van der Waals surface area contributed by atoms with Crippen molar-refractivity contribution < 1.29 is 0 Å². The molecule has 0 spiro atoms. The molecule has 3 unspecified atom stereocenters. The van der Waals surface area contributed by atoms with Gasteiger partial charge in [-0.2, -0.15) is 0 Å². The van der Waals surface area contributed by atoms with E-state index < -0.39 is 0 Å². The molecule has 0 aromatic rings. The van der Waals surface area contributed by atoms with Crippen molar-refractivity contribution in [1.29, 1.82) is 0 Å². The van der Waals surface area contributed by atoms with Crippen LogP contribution in [0, 0.1) is 0 Å². The molecule has 0 aromatic heterocycles. The van der Waals surface area contributed by atoms with Gasteiger partial charge in [-0.25, -0.2) is 0 Å². The van der Waals surface area contributed by atoms with E-state index in [0.717, 1.165) is 0 Å². The lowest BCUT2D eigenvalue weighted by Gasteiger charge is -2.21. The maximum atomic E-state index is 5.73. The summed E-state index contributed by atoms with van der Waals surface area (Å²) in [5, 5.41) is 3.47. The molecule has 0 radical (unpaired) electrons. The summed E-state index contributed by atoms with van der Waals surface area (Å²) in [4.78, 5) is 0. The first-order valence-corrected chi connectivity index (χ1v) is 4.38. The fourth-order valence-electron chi connectivity index (χ4n) is 1.26. The predicted octanol–water partition coefficient (Wildman–Crippen LogP) is 1.03. The van der Waals surface area contributed by atoms with Crippen molar-refractivity contribution in [2.45, 2.75) is 44.8 Å². The Balaban J connectivity index is 2.24. The molecule has 0 amide bonds. The molecule has 11 heavy (non-hydrogen) atoms. The molecule has 0 bridgehead atoms. The van der Waals surface area contributed by atoms with Crippen LogP contribution in [0.1, 0.15) is 26.7 Å². The first kappa shape index (κ1) is 8.75. The van der Waals surface area contributed by atoms with Crippen LogP contribution in [0.2, 0.25) is 0 Å². The number of allylic oxidation sites excluding steroid dienone is 1. The number of nitrogens with two attached hydrogens (primary N) is 1. The van der Waals surface area contributed by atoms with Gasteiger partial charge in [0.1, 0.15) is 0 Å². The summed E-state index contributed by atoms with van der Waals surface area (Å²) < 4.78 is 0. The van der Waals surface area contributed by atoms with Crippen LogP contribution in [0.25, 0.3) is 0 Å². The molecule has 1 rings (SSSR count). The number of nitrogens with one attached hydrogen (secondary N) is 1. The van der Waals surface area contributed by atoms with Gasteiger partial charge in [-0.15, -0.1) is 0 Å². The SMILES string of the molecule is CC(N)C(C)NC1C=CCC1. The van der Waals surface area contributed by atoms with Gasteiger partial charge in [-0.1, -0.05) is 12.2 Å². The maximum absolute atomic E-state index is 5.73. The Morgan fingerprint density at radius 2 is 2.27 bits per heavy atom. The molecule has 0 fully saturated rings. The van der Waals surface area contributed by atoms with E-state index >= 15 is 0 Å². The molecule has 0 aliphatic heterocycles. The van der Waals surface area contributed by atoms with Crippen LogP contribution in [0.3, 0.4) is 0 Å². The summed E-state index contributed by atoms with van der Waals surface area (Å²) in [5.74, 6) is 0. The zero-order valence-electron chi connectivity index (χ0n) is 7.38. The normalized spacial score (nSPS) is 28.8. The zero-order chi connectivity index (χ0) is 8.27. The van der Waals surface area contributed by atoms with Crippen LogP contribution in [-0.2, 0) is 0 Å². The van der Waals surface area contributed by atoms with Gasteiger partial charge in [0.2, 0.25) is 0 Å². The molecule has 2 heteroatoms. The lowest BCUT2D eigenvalue weighted by Crippen LogP contribution is -2.44. The topological polar surface area (TPSA) is 38.0 Å². The third-order valence-corrected chi connectivity index (χ3v) is 2.28. The quantitative estimate of drug-likeness (QED) is 0.596. The van der Waals surface area contributed by atoms with Gasteiger partial charge in [0, 0.05) is 18.1 Å². The summed E-state index contributed by atoms with van der Waals surface area (Å²) >= 11 is 0. The molecule has 0 saturated carbocycles. The van der Waals surface area contributed by atoms with Crippen LogP contribution >= 0.6 is 0 Å². The summed E-state index contributed by atoms with van der Waals surface area (Å²) in [7, 11) is 0. The van der Waals surface area contributed by atoms with Crippen LogP contribution in [0.15, 0.2) is 12.2 Å². The second-order valence-electron chi connectivity index (χ2n) is 3.43. The smallest absolute Gasteiger partial charge is 0.0256 e. The van der Waals surface area contributed by atoms with Crippen LogP contribution < -0.4 is 11.1 Å². The van der Waals surface area contributed by atoms with Crippen molar-refractivity contribution in [2.75, 3.05) is 0 Å². The van der Waals surface area contributed by atoms with E-state index in [1.165, 1.54) is 12.8 Å². The number of rotatable bonds is 3.